The van der Waals surface area contributed by atoms with Crippen LogP contribution in [0.5, 0.6) is 11.5 Å². The van der Waals surface area contributed by atoms with E-state index in [0.29, 0.717) is 30.5 Å². The molecule has 1 atom stereocenters. The maximum absolute atomic E-state index is 12.3. The number of ether oxygens (including phenoxy) is 2. The monoisotopic (exact) mass is 354 g/mol. The lowest BCUT2D eigenvalue weighted by Crippen LogP contribution is -2.34. The molecule has 0 saturated carbocycles. The Labute approximate surface area is 154 Å². The van der Waals surface area contributed by atoms with Crippen LogP contribution in [0.15, 0.2) is 42.5 Å². The van der Waals surface area contributed by atoms with Crippen LogP contribution in [0.2, 0.25) is 0 Å². The number of hydrogen-bond donors (Lipinski definition) is 1. The van der Waals surface area contributed by atoms with Crippen molar-refractivity contribution in [1.29, 1.82) is 0 Å². The van der Waals surface area contributed by atoms with Crippen molar-refractivity contribution in [3.8, 4) is 11.5 Å². The molecule has 1 heterocycles. The highest BCUT2D eigenvalue weighted by atomic mass is 16.5. The van der Waals surface area contributed by atoms with Gasteiger partial charge in [0.05, 0.1) is 14.2 Å². The lowest BCUT2D eigenvalue weighted by molar-refractivity contribution is -0.121. The Morgan fingerprint density at radius 2 is 1.92 bits per heavy atom. The first kappa shape index (κ1) is 18.1. The molecule has 1 aliphatic rings. The molecule has 3 rings (SSSR count). The number of carbonyl (C=O) groups is 1. The molecule has 0 aromatic heterocycles. The second-order valence-electron chi connectivity index (χ2n) is 6.59. The Morgan fingerprint density at radius 1 is 1.15 bits per heavy atom. The van der Waals surface area contributed by atoms with E-state index in [4.69, 9.17) is 9.47 Å². The first-order valence-corrected chi connectivity index (χ1v) is 8.94. The van der Waals surface area contributed by atoms with E-state index < -0.39 is 0 Å². The summed E-state index contributed by atoms with van der Waals surface area (Å²) in [5.74, 6) is 1.40. The van der Waals surface area contributed by atoms with Crippen molar-refractivity contribution in [2.45, 2.75) is 32.4 Å². The average Bonchev–Trinajstić information content (AvgIpc) is 2.99. The van der Waals surface area contributed by atoms with E-state index in [9.17, 15) is 4.79 Å². The second-order valence-corrected chi connectivity index (χ2v) is 6.59. The summed E-state index contributed by atoms with van der Waals surface area (Å²) in [5, 5.41) is 2.99. The molecule has 1 aliphatic heterocycles. The number of carbonyl (C=O) groups excluding carboxylic acids is 1. The van der Waals surface area contributed by atoms with Crippen LogP contribution in [0.4, 0.5) is 5.69 Å². The number of benzene rings is 2. The molecule has 5 heteroatoms. The van der Waals surface area contributed by atoms with E-state index in [1.807, 2.05) is 18.2 Å². The number of rotatable bonds is 7. The molecule has 1 unspecified atom stereocenters. The third kappa shape index (κ3) is 3.93. The maximum Gasteiger partial charge on any atom is 0.222 e. The van der Waals surface area contributed by atoms with E-state index in [2.05, 4.69) is 41.4 Å². The molecule has 0 aliphatic carbocycles. The van der Waals surface area contributed by atoms with E-state index >= 15 is 0 Å². The number of anilines is 1. The number of para-hydroxylation sites is 1. The van der Waals surface area contributed by atoms with Crippen molar-refractivity contribution in [3.63, 3.8) is 0 Å². The Morgan fingerprint density at radius 3 is 2.69 bits per heavy atom. The van der Waals surface area contributed by atoms with Gasteiger partial charge in [0, 0.05) is 31.2 Å². The van der Waals surface area contributed by atoms with Crippen LogP contribution < -0.4 is 19.7 Å². The van der Waals surface area contributed by atoms with Gasteiger partial charge in [-0.15, -0.1) is 0 Å². The first-order valence-electron chi connectivity index (χ1n) is 8.94. The van der Waals surface area contributed by atoms with Crippen molar-refractivity contribution in [2.24, 2.45) is 0 Å². The van der Waals surface area contributed by atoms with Gasteiger partial charge in [0.2, 0.25) is 5.91 Å². The summed E-state index contributed by atoms with van der Waals surface area (Å²) in [7, 11) is 3.21. The Hall–Kier alpha value is -2.69. The highest BCUT2D eigenvalue weighted by Crippen LogP contribution is 2.31. The molecule has 5 nitrogen and oxygen atoms in total. The molecular weight excluding hydrogens is 328 g/mol. The summed E-state index contributed by atoms with van der Waals surface area (Å²) in [6.07, 6.45) is 1.52. The minimum Gasteiger partial charge on any atom is -0.493 e. The van der Waals surface area contributed by atoms with Gasteiger partial charge in [0.25, 0.3) is 0 Å². The summed E-state index contributed by atoms with van der Waals surface area (Å²) < 4.78 is 10.5. The zero-order chi connectivity index (χ0) is 18.5. The molecule has 0 bridgehead atoms. The summed E-state index contributed by atoms with van der Waals surface area (Å²) in [6, 6.07) is 14.5. The highest BCUT2D eigenvalue weighted by Gasteiger charge is 2.25. The minimum absolute atomic E-state index is 0.0522. The fourth-order valence-electron chi connectivity index (χ4n) is 3.47. The minimum atomic E-state index is 0.0522. The van der Waals surface area contributed by atoms with Gasteiger partial charge < -0.3 is 19.7 Å². The van der Waals surface area contributed by atoms with Crippen LogP contribution in [0.1, 0.15) is 24.5 Å². The van der Waals surface area contributed by atoms with Gasteiger partial charge in [-0.2, -0.15) is 0 Å². The quantitative estimate of drug-likeness (QED) is 0.830. The van der Waals surface area contributed by atoms with Crippen LogP contribution in [-0.2, 0) is 17.8 Å². The van der Waals surface area contributed by atoms with Crippen LogP contribution in [0, 0.1) is 0 Å². The zero-order valence-electron chi connectivity index (χ0n) is 15.6. The predicted molar refractivity (Wildman–Crippen MR) is 103 cm³/mol. The average molecular weight is 354 g/mol. The first-order chi connectivity index (χ1) is 12.6. The van der Waals surface area contributed by atoms with E-state index in [1.165, 1.54) is 11.3 Å². The van der Waals surface area contributed by atoms with Gasteiger partial charge >= 0.3 is 0 Å². The van der Waals surface area contributed by atoms with Gasteiger partial charge in [-0.25, -0.2) is 0 Å². The number of hydrogen-bond acceptors (Lipinski definition) is 4. The van der Waals surface area contributed by atoms with Crippen LogP contribution in [-0.4, -0.2) is 32.7 Å². The lowest BCUT2D eigenvalue weighted by Gasteiger charge is -2.24. The molecule has 26 heavy (non-hydrogen) atoms. The molecule has 2 aromatic carbocycles. The second kappa shape index (κ2) is 8.13. The number of fused-ring (bicyclic) bond motifs is 1. The topological polar surface area (TPSA) is 50.8 Å². The predicted octanol–water partition coefficient (Wildman–Crippen LogP) is 3.16. The van der Waals surface area contributed by atoms with Crippen LogP contribution in [0.25, 0.3) is 0 Å². The van der Waals surface area contributed by atoms with Crippen molar-refractivity contribution < 1.29 is 14.3 Å². The van der Waals surface area contributed by atoms with Gasteiger partial charge in [0.15, 0.2) is 11.5 Å². The van der Waals surface area contributed by atoms with Gasteiger partial charge in [0.1, 0.15) is 0 Å². The van der Waals surface area contributed by atoms with E-state index in [1.54, 1.807) is 14.2 Å². The van der Waals surface area contributed by atoms with Gasteiger partial charge in [-0.3, -0.25) is 4.79 Å². The molecule has 138 valence electrons. The van der Waals surface area contributed by atoms with Crippen molar-refractivity contribution in [3.05, 3.63) is 53.6 Å². The summed E-state index contributed by atoms with van der Waals surface area (Å²) in [4.78, 5) is 14.6. The fourth-order valence-corrected chi connectivity index (χ4v) is 3.47. The Bertz CT molecular complexity index is 776. The molecule has 0 radical (unpaired) electrons. The molecule has 0 spiro atoms. The third-order valence-corrected chi connectivity index (χ3v) is 4.87. The molecule has 0 saturated heterocycles. The smallest absolute Gasteiger partial charge is 0.222 e. The summed E-state index contributed by atoms with van der Waals surface area (Å²) in [5.41, 5.74) is 3.61. The number of nitrogens with one attached hydrogen (secondary N) is 1. The zero-order valence-corrected chi connectivity index (χ0v) is 15.6. The van der Waals surface area contributed by atoms with Gasteiger partial charge in [-0.1, -0.05) is 24.3 Å². The van der Waals surface area contributed by atoms with Crippen LogP contribution in [0.3, 0.4) is 0 Å². The molecule has 2 aromatic rings. The molecule has 0 fully saturated rings. The standard InChI is InChI=1S/C21H26N2O3/c1-15-12-17-6-4-5-7-18(17)23(15)11-10-21(24)22-14-16-8-9-19(25-2)20(13-16)26-3/h4-9,13,15H,10-12,14H2,1-3H3,(H,22,24). The SMILES string of the molecule is COc1ccc(CNC(=O)CCN2c3ccccc3CC2C)cc1OC. The molecule has 1 amide bonds. The number of methoxy groups -OCH3 is 2. The highest BCUT2D eigenvalue weighted by molar-refractivity contribution is 5.77. The molecule has 1 N–H and O–H groups in total. The normalized spacial score (nSPS) is 15.5. The maximum atomic E-state index is 12.3. The Balaban J connectivity index is 1.52. The van der Waals surface area contributed by atoms with E-state index in [0.717, 1.165) is 18.5 Å². The number of amides is 1. The van der Waals surface area contributed by atoms with Crippen molar-refractivity contribution >= 4 is 11.6 Å². The van der Waals surface area contributed by atoms with E-state index in [-0.39, 0.29) is 5.91 Å². The lowest BCUT2D eigenvalue weighted by atomic mass is 10.1. The summed E-state index contributed by atoms with van der Waals surface area (Å²) >= 11 is 0. The van der Waals surface area contributed by atoms with Gasteiger partial charge in [-0.05, 0) is 42.7 Å². The third-order valence-electron chi connectivity index (χ3n) is 4.87. The summed E-state index contributed by atoms with van der Waals surface area (Å²) in [6.45, 7) is 3.42. The molecular formula is C21H26N2O3. The Kier molecular flexibility index (Phi) is 5.66. The van der Waals surface area contributed by atoms with Crippen molar-refractivity contribution in [1.82, 2.24) is 5.32 Å². The van der Waals surface area contributed by atoms with Crippen LogP contribution >= 0.6 is 0 Å². The van der Waals surface area contributed by atoms with Crippen molar-refractivity contribution in [2.75, 3.05) is 25.7 Å². The number of nitrogens with zero attached hydrogens (tertiary/aromatic N) is 1. The largest absolute Gasteiger partial charge is 0.493 e. The fraction of sp³-hybridized carbons (Fsp3) is 0.381.